The average Bonchev–Trinajstić information content (AvgIpc) is 2.55. The van der Waals surface area contributed by atoms with Gasteiger partial charge in [0, 0.05) is 11.8 Å². The third-order valence-electron chi connectivity index (χ3n) is 3.45. The van der Waals surface area contributed by atoms with Gasteiger partial charge < -0.3 is 10.5 Å². The molecule has 2 N–H and O–H groups in total. The Bertz CT molecular complexity index is 827. The quantitative estimate of drug-likeness (QED) is 0.621. The van der Waals surface area contributed by atoms with E-state index in [1.807, 2.05) is 42.5 Å². The Balaban J connectivity index is 1.83. The van der Waals surface area contributed by atoms with Crippen LogP contribution in [-0.4, -0.2) is 0 Å². The highest BCUT2D eigenvalue weighted by atomic mass is 19.4. The van der Waals surface area contributed by atoms with Gasteiger partial charge in [0.25, 0.3) is 0 Å². The largest absolute Gasteiger partial charge is 0.457 e. The van der Waals surface area contributed by atoms with Crippen molar-refractivity contribution in [1.29, 1.82) is 0 Å². The number of nitrogens with two attached hydrogens (primary N) is 1. The van der Waals surface area contributed by atoms with Crippen molar-refractivity contribution in [3.8, 4) is 22.6 Å². The SMILES string of the molecule is Nc1cc(Oc2ccc(-c3ccccc3)cc2)cc(C(F)(F)F)c1. The first kappa shape index (κ1) is 15.9. The Morgan fingerprint density at radius 2 is 1.33 bits per heavy atom. The highest BCUT2D eigenvalue weighted by Gasteiger charge is 2.31. The summed E-state index contributed by atoms with van der Waals surface area (Å²) < 4.78 is 44.0. The first-order valence-electron chi connectivity index (χ1n) is 7.23. The van der Waals surface area contributed by atoms with E-state index in [9.17, 15) is 13.2 Å². The minimum absolute atomic E-state index is 0.000677. The van der Waals surface area contributed by atoms with E-state index in [1.54, 1.807) is 12.1 Å². The monoisotopic (exact) mass is 329 g/mol. The van der Waals surface area contributed by atoms with Crippen molar-refractivity contribution >= 4 is 5.69 Å². The molecular formula is C19H14F3NO. The van der Waals surface area contributed by atoms with Gasteiger partial charge >= 0.3 is 6.18 Å². The van der Waals surface area contributed by atoms with Gasteiger partial charge in [0.2, 0.25) is 0 Å². The number of halogens is 3. The van der Waals surface area contributed by atoms with Gasteiger partial charge in [-0.2, -0.15) is 13.2 Å². The first-order valence-corrected chi connectivity index (χ1v) is 7.23. The Labute approximate surface area is 137 Å². The molecule has 0 radical (unpaired) electrons. The maximum Gasteiger partial charge on any atom is 0.416 e. The van der Waals surface area contributed by atoms with Crippen LogP contribution in [-0.2, 0) is 6.18 Å². The summed E-state index contributed by atoms with van der Waals surface area (Å²) in [6.07, 6.45) is -4.47. The number of benzene rings is 3. The van der Waals surface area contributed by atoms with Crippen LogP contribution in [0.5, 0.6) is 11.5 Å². The van der Waals surface area contributed by atoms with Crippen LogP contribution in [0.15, 0.2) is 72.8 Å². The molecule has 0 atom stereocenters. The molecule has 0 aliphatic carbocycles. The predicted molar refractivity (Wildman–Crippen MR) is 87.8 cm³/mol. The smallest absolute Gasteiger partial charge is 0.416 e. The summed E-state index contributed by atoms with van der Waals surface area (Å²) in [4.78, 5) is 0. The summed E-state index contributed by atoms with van der Waals surface area (Å²) >= 11 is 0. The standard InChI is InChI=1S/C19H14F3NO/c20-19(21,22)15-10-16(23)12-18(11-15)24-17-8-6-14(7-9-17)13-4-2-1-3-5-13/h1-12H,23H2. The van der Waals surface area contributed by atoms with Crippen LogP contribution in [0.1, 0.15) is 5.56 Å². The van der Waals surface area contributed by atoms with E-state index >= 15 is 0 Å². The second kappa shape index (κ2) is 6.28. The van der Waals surface area contributed by atoms with E-state index in [2.05, 4.69) is 0 Å². The molecule has 2 nitrogen and oxygen atoms in total. The van der Waals surface area contributed by atoms with Crippen molar-refractivity contribution < 1.29 is 17.9 Å². The molecule has 24 heavy (non-hydrogen) atoms. The zero-order valence-electron chi connectivity index (χ0n) is 12.5. The normalized spacial score (nSPS) is 11.3. The molecule has 3 aromatic carbocycles. The number of ether oxygens (including phenoxy) is 1. The molecule has 3 aromatic rings. The second-order valence-electron chi connectivity index (χ2n) is 5.28. The molecule has 0 unspecified atom stereocenters. The maximum atomic E-state index is 12.8. The highest BCUT2D eigenvalue weighted by Crippen LogP contribution is 2.35. The molecule has 3 rings (SSSR count). The molecule has 0 fully saturated rings. The number of anilines is 1. The van der Waals surface area contributed by atoms with Crippen molar-refractivity contribution in [1.82, 2.24) is 0 Å². The summed E-state index contributed by atoms with van der Waals surface area (Å²) in [5.74, 6) is 0.489. The molecule has 0 saturated heterocycles. The average molecular weight is 329 g/mol. The first-order chi connectivity index (χ1) is 11.4. The molecule has 0 spiro atoms. The molecule has 0 bridgehead atoms. The molecule has 0 saturated carbocycles. The van der Waals surface area contributed by atoms with E-state index < -0.39 is 11.7 Å². The zero-order chi connectivity index (χ0) is 17.2. The lowest BCUT2D eigenvalue weighted by atomic mass is 10.1. The van der Waals surface area contributed by atoms with Gasteiger partial charge in [-0.1, -0.05) is 42.5 Å². The van der Waals surface area contributed by atoms with Crippen molar-refractivity contribution in [2.75, 3.05) is 5.73 Å². The fraction of sp³-hybridized carbons (Fsp3) is 0.0526. The lowest BCUT2D eigenvalue weighted by Gasteiger charge is -2.12. The topological polar surface area (TPSA) is 35.2 Å². The number of hydrogen-bond donors (Lipinski definition) is 1. The van der Waals surface area contributed by atoms with Gasteiger partial charge in [-0.25, -0.2) is 0 Å². The summed E-state index contributed by atoms with van der Waals surface area (Å²) in [5, 5.41) is 0. The maximum absolute atomic E-state index is 12.8. The minimum atomic E-state index is -4.47. The van der Waals surface area contributed by atoms with Gasteiger partial charge in [0.1, 0.15) is 11.5 Å². The fourth-order valence-electron chi connectivity index (χ4n) is 2.33. The second-order valence-corrected chi connectivity index (χ2v) is 5.28. The minimum Gasteiger partial charge on any atom is -0.457 e. The molecule has 5 heteroatoms. The Morgan fingerprint density at radius 3 is 1.96 bits per heavy atom. The van der Waals surface area contributed by atoms with Crippen molar-refractivity contribution in [3.05, 3.63) is 78.4 Å². The van der Waals surface area contributed by atoms with Crippen molar-refractivity contribution in [2.45, 2.75) is 6.18 Å². The third-order valence-corrected chi connectivity index (χ3v) is 3.45. The Morgan fingerprint density at radius 1 is 0.708 bits per heavy atom. The molecule has 122 valence electrons. The molecule has 0 aromatic heterocycles. The van der Waals surface area contributed by atoms with Gasteiger partial charge in [0.15, 0.2) is 0 Å². The van der Waals surface area contributed by atoms with E-state index in [-0.39, 0.29) is 11.4 Å². The number of hydrogen-bond acceptors (Lipinski definition) is 2. The molecule has 0 amide bonds. The van der Waals surface area contributed by atoms with E-state index in [4.69, 9.17) is 10.5 Å². The van der Waals surface area contributed by atoms with Crippen LogP contribution >= 0.6 is 0 Å². The number of alkyl halides is 3. The van der Waals surface area contributed by atoms with Crippen molar-refractivity contribution in [3.63, 3.8) is 0 Å². The van der Waals surface area contributed by atoms with Gasteiger partial charge in [-0.3, -0.25) is 0 Å². The molecule has 0 aliphatic rings. The predicted octanol–water partition coefficient (Wildman–Crippen LogP) is 5.75. The lowest BCUT2D eigenvalue weighted by molar-refractivity contribution is -0.137. The molecule has 0 aliphatic heterocycles. The summed E-state index contributed by atoms with van der Waals surface area (Å²) in [6.45, 7) is 0. The van der Waals surface area contributed by atoms with Crippen LogP contribution in [0.25, 0.3) is 11.1 Å². The Kier molecular flexibility index (Phi) is 4.16. The van der Waals surface area contributed by atoms with E-state index in [1.165, 1.54) is 6.07 Å². The summed E-state index contributed by atoms with van der Waals surface area (Å²) in [6, 6.07) is 20.0. The van der Waals surface area contributed by atoms with Gasteiger partial charge in [0.05, 0.1) is 5.56 Å². The highest BCUT2D eigenvalue weighted by molar-refractivity contribution is 5.64. The number of nitrogen functional groups attached to an aromatic ring is 1. The molecular weight excluding hydrogens is 315 g/mol. The van der Waals surface area contributed by atoms with Gasteiger partial charge in [-0.15, -0.1) is 0 Å². The summed E-state index contributed by atoms with van der Waals surface area (Å²) in [7, 11) is 0. The zero-order valence-corrected chi connectivity index (χ0v) is 12.5. The Hall–Kier alpha value is -2.95. The lowest BCUT2D eigenvalue weighted by Crippen LogP contribution is -2.06. The number of rotatable bonds is 3. The van der Waals surface area contributed by atoms with E-state index in [0.29, 0.717) is 5.75 Å². The van der Waals surface area contributed by atoms with Gasteiger partial charge in [-0.05, 0) is 35.4 Å². The van der Waals surface area contributed by atoms with Crippen LogP contribution in [0.4, 0.5) is 18.9 Å². The van der Waals surface area contributed by atoms with Crippen LogP contribution in [0.3, 0.4) is 0 Å². The van der Waals surface area contributed by atoms with Crippen LogP contribution in [0.2, 0.25) is 0 Å². The fourth-order valence-corrected chi connectivity index (χ4v) is 2.33. The summed E-state index contributed by atoms with van der Waals surface area (Å²) in [5.41, 5.74) is 6.74. The van der Waals surface area contributed by atoms with E-state index in [0.717, 1.165) is 23.3 Å². The third kappa shape index (κ3) is 3.68. The van der Waals surface area contributed by atoms with Crippen molar-refractivity contribution in [2.24, 2.45) is 0 Å². The van der Waals surface area contributed by atoms with Crippen LogP contribution in [0, 0.1) is 0 Å². The van der Waals surface area contributed by atoms with Crippen LogP contribution < -0.4 is 10.5 Å². The molecule has 0 heterocycles.